The largest absolute Gasteiger partial charge is 0.453 e. The topological polar surface area (TPSA) is 70.5 Å². The van der Waals surface area contributed by atoms with Crippen molar-refractivity contribution >= 4 is 0 Å². The van der Waals surface area contributed by atoms with Crippen LogP contribution >= 0.6 is 0 Å². The lowest BCUT2D eigenvalue weighted by atomic mass is 10.0. The van der Waals surface area contributed by atoms with Gasteiger partial charge in [-0.05, 0) is 61.3 Å². The Bertz CT molecular complexity index is 807. The van der Waals surface area contributed by atoms with Crippen LogP contribution in [0.4, 0.5) is 0 Å². The second-order valence-corrected chi connectivity index (χ2v) is 6.07. The third-order valence-electron chi connectivity index (χ3n) is 4.06. The molecule has 0 aliphatic rings. The van der Waals surface area contributed by atoms with Gasteiger partial charge in [0.2, 0.25) is 0 Å². The molecule has 3 aromatic carbocycles. The quantitative estimate of drug-likeness (QED) is 0.600. The molecule has 0 spiro atoms. The molecule has 0 bridgehead atoms. The first-order valence-electron chi connectivity index (χ1n) is 8.81. The second-order valence-electron chi connectivity index (χ2n) is 6.07. The molecule has 0 saturated carbocycles. The first kappa shape index (κ1) is 18.0. The maximum Gasteiger partial charge on any atom is 0.170 e. The van der Waals surface area contributed by atoms with Gasteiger partial charge in [0.25, 0.3) is 0 Å². The van der Waals surface area contributed by atoms with E-state index in [1.54, 1.807) is 0 Å². The molecule has 0 heterocycles. The molecule has 3 rings (SSSR count). The highest BCUT2D eigenvalue weighted by atomic mass is 16.5. The number of hydrogen-bond acceptors (Lipinski definition) is 4. The normalized spacial score (nSPS) is 11.8. The van der Waals surface area contributed by atoms with Gasteiger partial charge in [-0.25, -0.2) is 0 Å². The Morgan fingerprint density at radius 2 is 1.31 bits per heavy atom. The lowest BCUT2D eigenvalue weighted by Gasteiger charge is -2.17. The first-order valence-corrected chi connectivity index (χ1v) is 8.81. The molecule has 0 saturated heterocycles. The van der Waals surface area contributed by atoms with Crippen molar-refractivity contribution in [1.82, 2.24) is 0 Å². The highest BCUT2D eigenvalue weighted by Gasteiger charge is 2.13. The van der Waals surface area contributed by atoms with Crippen LogP contribution in [0, 0.1) is 0 Å². The predicted molar refractivity (Wildman–Crippen MR) is 105 cm³/mol. The minimum Gasteiger partial charge on any atom is -0.453 e. The van der Waals surface area contributed by atoms with Crippen molar-refractivity contribution in [2.24, 2.45) is 11.5 Å². The van der Waals surface area contributed by atoms with Gasteiger partial charge < -0.3 is 20.9 Å². The summed E-state index contributed by atoms with van der Waals surface area (Å²) in [5.74, 6) is 2.79. The van der Waals surface area contributed by atoms with Crippen LogP contribution in [-0.2, 0) is 0 Å². The van der Waals surface area contributed by atoms with E-state index in [9.17, 15) is 0 Å². The molecule has 1 atom stereocenters. The summed E-state index contributed by atoms with van der Waals surface area (Å²) in [5.41, 5.74) is 12.9. The summed E-state index contributed by atoms with van der Waals surface area (Å²) in [4.78, 5) is 0. The summed E-state index contributed by atoms with van der Waals surface area (Å²) in [6, 6.07) is 25.0. The van der Waals surface area contributed by atoms with E-state index in [1.807, 2.05) is 78.9 Å². The Kier molecular flexibility index (Phi) is 6.25. The Morgan fingerprint density at radius 1 is 0.731 bits per heavy atom. The van der Waals surface area contributed by atoms with Gasteiger partial charge in [0, 0.05) is 6.04 Å². The lowest BCUT2D eigenvalue weighted by molar-refractivity contribution is 0.417. The lowest BCUT2D eigenvalue weighted by Crippen LogP contribution is -2.12. The van der Waals surface area contributed by atoms with Crippen molar-refractivity contribution in [2.45, 2.75) is 18.9 Å². The van der Waals surface area contributed by atoms with E-state index in [0.717, 1.165) is 29.9 Å². The molecule has 4 N–H and O–H groups in total. The fraction of sp³-hybridized carbons (Fsp3) is 0.182. The third-order valence-corrected chi connectivity index (χ3v) is 4.06. The molecule has 134 valence electrons. The average Bonchev–Trinajstić information content (AvgIpc) is 2.69. The van der Waals surface area contributed by atoms with Crippen LogP contribution in [-0.4, -0.2) is 6.54 Å². The van der Waals surface area contributed by atoms with Gasteiger partial charge in [-0.2, -0.15) is 0 Å². The van der Waals surface area contributed by atoms with Crippen molar-refractivity contribution in [2.75, 3.05) is 6.54 Å². The van der Waals surface area contributed by atoms with Crippen LogP contribution in [0.25, 0.3) is 0 Å². The summed E-state index contributed by atoms with van der Waals surface area (Å²) >= 11 is 0. The zero-order chi connectivity index (χ0) is 18.2. The molecule has 0 unspecified atom stereocenters. The van der Waals surface area contributed by atoms with Gasteiger partial charge >= 0.3 is 0 Å². The molecule has 0 radical (unpaired) electrons. The Balaban J connectivity index is 1.89. The molecule has 0 amide bonds. The van der Waals surface area contributed by atoms with E-state index in [1.165, 1.54) is 0 Å². The molecule has 0 fully saturated rings. The molecular formula is C22H24N2O2. The van der Waals surface area contributed by atoms with E-state index in [4.69, 9.17) is 20.9 Å². The van der Waals surface area contributed by atoms with Crippen molar-refractivity contribution < 1.29 is 9.47 Å². The number of hydrogen-bond donors (Lipinski definition) is 2. The van der Waals surface area contributed by atoms with Crippen molar-refractivity contribution in [3.05, 3.63) is 84.4 Å². The van der Waals surface area contributed by atoms with Crippen LogP contribution < -0.4 is 20.9 Å². The maximum atomic E-state index is 6.29. The van der Waals surface area contributed by atoms with E-state index < -0.39 is 0 Å². The van der Waals surface area contributed by atoms with Crippen LogP contribution in [0.15, 0.2) is 78.9 Å². The summed E-state index contributed by atoms with van der Waals surface area (Å²) < 4.78 is 12.1. The van der Waals surface area contributed by atoms with Crippen molar-refractivity contribution in [3.8, 4) is 23.0 Å². The zero-order valence-corrected chi connectivity index (χ0v) is 14.7. The SMILES string of the molecule is NCCC[C@H](N)c1ccc(Oc2ccccc2)c(Oc2ccccc2)c1. The van der Waals surface area contributed by atoms with Gasteiger partial charge in [0.15, 0.2) is 11.5 Å². The number of rotatable bonds is 8. The maximum absolute atomic E-state index is 6.29. The third kappa shape index (κ3) is 4.85. The number of benzene rings is 3. The van der Waals surface area contributed by atoms with Gasteiger partial charge in [0.1, 0.15) is 11.5 Å². The zero-order valence-electron chi connectivity index (χ0n) is 14.7. The molecule has 0 aliphatic heterocycles. The Labute approximate surface area is 154 Å². The Hall–Kier alpha value is -2.82. The van der Waals surface area contributed by atoms with Crippen LogP contribution in [0.5, 0.6) is 23.0 Å². The standard InChI is InChI=1S/C22H24N2O2/c23-15-7-12-20(24)17-13-14-21(25-18-8-3-1-4-9-18)22(16-17)26-19-10-5-2-6-11-19/h1-6,8-11,13-14,16,20H,7,12,15,23-24H2/t20-/m0/s1. The highest BCUT2D eigenvalue weighted by molar-refractivity contribution is 5.48. The van der Waals surface area contributed by atoms with Gasteiger partial charge in [-0.15, -0.1) is 0 Å². The molecule has 0 aromatic heterocycles. The van der Waals surface area contributed by atoms with Gasteiger partial charge in [-0.3, -0.25) is 0 Å². The highest BCUT2D eigenvalue weighted by Crippen LogP contribution is 2.37. The molecule has 0 aliphatic carbocycles. The van der Waals surface area contributed by atoms with Crippen LogP contribution in [0.2, 0.25) is 0 Å². The van der Waals surface area contributed by atoms with Gasteiger partial charge in [-0.1, -0.05) is 42.5 Å². The minimum absolute atomic E-state index is 0.0811. The summed E-state index contributed by atoms with van der Waals surface area (Å²) in [7, 11) is 0. The van der Waals surface area contributed by atoms with Crippen molar-refractivity contribution in [1.29, 1.82) is 0 Å². The van der Waals surface area contributed by atoms with E-state index in [0.29, 0.717) is 18.0 Å². The predicted octanol–water partition coefficient (Wildman–Crippen LogP) is 5.01. The monoisotopic (exact) mass is 348 g/mol. The second kappa shape index (κ2) is 9.04. The van der Waals surface area contributed by atoms with Gasteiger partial charge in [0.05, 0.1) is 0 Å². The molecule has 4 heteroatoms. The average molecular weight is 348 g/mol. The smallest absolute Gasteiger partial charge is 0.170 e. The molecule has 26 heavy (non-hydrogen) atoms. The van der Waals surface area contributed by atoms with E-state index >= 15 is 0 Å². The number of nitrogens with two attached hydrogens (primary N) is 2. The van der Waals surface area contributed by atoms with Crippen molar-refractivity contribution in [3.63, 3.8) is 0 Å². The number of ether oxygens (including phenoxy) is 2. The fourth-order valence-corrected chi connectivity index (χ4v) is 2.65. The van der Waals surface area contributed by atoms with Crippen LogP contribution in [0.1, 0.15) is 24.4 Å². The van der Waals surface area contributed by atoms with E-state index in [2.05, 4.69) is 0 Å². The fourth-order valence-electron chi connectivity index (χ4n) is 2.65. The molecule has 4 nitrogen and oxygen atoms in total. The Morgan fingerprint density at radius 3 is 1.88 bits per heavy atom. The first-order chi connectivity index (χ1) is 12.8. The molecular weight excluding hydrogens is 324 g/mol. The van der Waals surface area contributed by atoms with E-state index in [-0.39, 0.29) is 6.04 Å². The van der Waals surface area contributed by atoms with Crippen LogP contribution in [0.3, 0.4) is 0 Å². The summed E-state index contributed by atoms with van der Waals surface area (Å²) in [6.07, 6.45) is 1.72. The number of para-hydroxylation sites is 2. The molecule has 3 aromatic rings. The summed E-state index contributed by atoms with van der Waals surface area (Å²) in [5, 5.41) is 0. The minimum atomic E-state index is -0.0811. The summed E-state index contributed by atoms with van der Waals surface area (Å²) in [6.45, 7) is 0.635.